The maximum atomic E-state index is 12.2. The molecule has 0 aromatic carbocycles. The Morgan fingerprint density at radius 2 is 2.03 bits per heavy atom. The Labute approximate surface area is 174 Å². The van der Waals surface area contributed by atoms with Gasteiger partial charge < -0.3 is 35.0 Å². The van der Waals surface area contributed by atoms with Gasteiger partial charge in [0.05, 0.1) is 26.4 Å². The van der Waals surface area contributed by atoms with Crippen molar-refractivity contribution in [3.8, 4) is 0 Å². The molecule has 1 unspecified atom stereocenters. The first-order valence-electron chi connectivity index (χ1n) is 8.65. The summed E-state index contributed by atoms with van der Waals surface area (Å²) in [7, 11) is -7.49. The average Bonchev–Trinajstić information content (AvgIpc) is 3.09. The van der Waals surface area contributed by atoms with Crippen molar-refractivity contribution >= 4 is 32.8 Å². The van der Waals surface area contributed by atoms with Gasteiger partial charge in [-0.1, -0.05) is 0 Å². The van der Waals surface area contributed by atoms with E-state index in [1.807, 2.05) is 0 Å². The number of aryl methyl sites for hydroxylation is 1. The van der Waals surface area contributed by atoms with Gasteiger partial charge in [0.15, 0.2) is 0 Å². The third-order valence-electron chi connectivity index (χ3n) is 4.56. The van der Waals surface area contributed by atoms with Gasteiger partial charge in [-0.15, -0.1) is 0 Å². The molecular weight excluding hydrogens is 464 g/mol. The van der Waals surface area contributed by atoms with Crippen molar-refractivity contribution in [1.29, 1.82) is 0 Å². The molecule has 1 aliphatic rings. The van der Waals surface area contributed by atoms with E-state index in [-0.39, 0.29) is 23.7 Å². The molecule has 3 rings (SSSR count). The standard InChI is InChI=1S/C13H21N5O11P2/c1-17-5-18(10-8(17)11(20)16-13(14)15-10)12-9(19)6(3-26-2)7(28-12)4-27-31(24,25)29-30(21,22)23/h5-7,9,12,19H,3-4H2,1-2H3,(H5-,14,15,16,20,21,22,23,24,25)/p+1/t6-,7-,9-,12-/m1/s1. The smallest absolute Gasteiger partial charge is 0.385 e. The van der Waals surface area contributed by atoms with Gasteiger partial charge in [-0.25, -0.2) is 13.7 Å². The molecule has 16 nitrogen and oxygen atoms in total. The zero-order valence-corrected chi connectivity index (χ0v) is 18.0. The van der Waals surface area contributed by atoms with Gasteiger partial charge in [0.2, 0.25) is 18.5 Å². The highest BCUT2D eigenvalue weighted by Gasteiger charge is 2.49. The number of phosphoric ester groups is 1. The molecule has 3 heterocycles. The first-order chi connectivity index (χ1) is 14.3. The summed E-state index contributed by atoms with van der Waals surface area (Å²) in [5.74, 6) is -0.943. The number of phosphoric acid groups is 2. The zero-order chi connectivity index (χ0) is 23.1. The van der Waals surface area contributed by atoms with Gasteiger partial charge in [0.1, 0.15) is 6.10 Å². The molecule has 2 aromatic heterocycles. The number of hydrogen-bond donors (Lipinski definition) is 6. The second-order valence-electron chi connectivity index (χ2n) is 6.77. The van der Waals surface area contributed by atoms with Gasteiger partial charge >= 0.3 is 21.2 Å². The van der Waals surface area contributed by atoms with E-state index in [2.05, 4.69) is 18.8 Å². The van der Waals surface area contributed by atoms with Crippen LogP contribution in [0.15, 0.2) is 11.1 Å². The summed E-state index contributed by atoms with van der Waals surface area (Å²) in [5.41, 5.74) is 5.37. The molecule has 2 aromatic rings. The van der Waals surface area contributed by atoms with Crippen molar-refractivity contribution < 1.29 is 51.8 Å². The molecule has 31 heavy (non-hydrogen) atoms. The number of fused-ring (bicyclic) bond motifs is 1. The number of methoxy groups -OCH3 is 1. The lowest BCUT2D eigenvalue weighted by atomic mass is 9.99. The van der Waals surface area contributed by atoms with Crippen LogP contribution < -0.4 is 15.9 Å². The lowest BCUT2D eigenvalue weighted by Gasteiger charge is -2.20. The summed E-state index contributed by atoms with van der Waals surface area (Å²) in [6.45, 7) is -0.723. The number of nitrogens with zero attached hydrogens (tertiary/aromatic N) is 3. The number of imidazole rings is 1. The van der Waals surface area contributed by atoms with E-state index in [1.54, 1.807) is 7.05 Å². The maximum absolute atomic E-state index is 12.2. The van der Waals surface area contributed by atoms with Crippen LogP contribution in [-0.2, 0) is 34.5 Å². The molecule has 0 bridgehead atoms. The SMILES string of the molecule is COC[C@H]1[C@@H](O)[C@H](n2c[n+](C)c3c(=O)[nH]c(N)nc32)O[C@@H]1COP(=O)(O)OP(=O)(O)O. The number of aliphatic hydroxyl groups excluding tert-OH is 1. The van der Waals surface area contributed by atoms with Crippen LogP contribution in [0.2, 0.25) is 0 Å². The van der Waals surface area contributed by atoms with Crippen LogP contribution in [0.4, 0.5) is 5.95 Å². The van der Waals surface area contributed by atoms with Crippen LogP contribution >= 0.6 is 15.6 Å². The van der Waals surface area contributed by atoms with E-state index >= 15 is 0 Å². The van der Waals surface area contributed by atoms with Crippen LogP contribution in [0.25, 0.3) is 11.2 Å². The molecule has 0 saturated carbocycles. The number of nitrogen functional groups attached to an aromatic ring is 1. The van der Waals surface area contributed by atoms with Crippen LogP contribution in [-0.4, -0.2) is 66.9 Å². The Balaban J connectivity index is 1.89. The van der Waals surface area contributed by atoms with Crippen LogP contribution in [0.1, 0.15) is 6.23 Å². The second kappa shape index (κ2) is 8.67. The summed E-state index contributed by atoms with van der Waals surface area (Å²) in [4.78, 5) is 45.5. The number of aromatic amines is 1. The molecule has 0 radical (unpaired) electrons. The molecule has 0 spiro atoms. The number of aliphatic hydroxyl groups is 1. The van der Waals surface area contributed by atoms with E-state index in [4.69, 9.17) is 25.0 Å². The molecule has 0 aliphatic carbocycles. The molecule has 7 N–H and O–H groups in total. The van der Waals surface area contributed by atoms with Crippen LogP contribution in [0.3, 0.4) is 0 Å². The van der Waals surface area contributed by atoms with Crippen molar-refractivity contribution in [2.24, 2.45) is 13.0 Å². The molecule has 5 atom stereocenters. The fourth-order valence-electron chi connectivity index (χ4n) is 3.36. The predicted octanol–water partition coefficient (Wildman–Crippen LogP) is -2.12. The second-order valence-corrected chi connectivity index (χ2v) is 9.60. The monoisotopic (exact) mass is 486 g/mol. The minimum absolute atomic E-state index is 0.0533. The maximum Gasteiger partial charge on any atom is 0.481 e. The third-order valence-corrected chi connectivity index (χ3v) is 6.71. The Morgan fingerprint density at radius 1 is 1.35 bits per heavy atom. The van der Waals surface area contributed by atoms with Crippen molar-refractivity contribution in [2.45, 2.75) is 18.4 Å². The number of anilines is 1. The van der Waals surface area contributed by atoms with Crippen molar-refractivity contribution in [1.82, 2.24) is 14.5 Å². The zero-order valence-electron chi connectivity index (χ0n) is 16.3. The topological polar surface area (TPSA) is 233 Å². The highest BCUT2D eigenvalue weighted by Crippen LogP contribution is 2.57. The molecule has 1 saturated heterocycles. The number of H-pyrrole nitrogens is 1. The van der Waals surface area contributed by atoms with Crippen molar-refractivity contribution in [3.63, 3.8) is 0 Å². The number of aromatic nitrogens is 4. The Hall–Kier alpha value is -1.71. The van der Waals surface area contributed by atoms with Crippen LogP contribution in [0.5, 0.6) is 0 Å². The van der Waals surface area contributed by atoms with E-state index < -0.39 is 52.2 Å². The molecule has 0 amide bonds. The minimum atomic E-state index is -5.30. The molecule has 18 heteroatoms. The van der Waals surface area contributed by atoms with E-state index in [0.29, 0.717) is 0 Å². The fraction of sp³-hybridized carbons (Fsp3) is 0.615. The largest absolute Gasteiger partial charge is 0.481 e. The first kappa shape index (κ1) is 23.9. The predicted molar refractivity (Wildman–Crippen MR) is 100 cm³/mol. The average molecular weight is 486 g/mol. The van der Waals surface area contributed by atoms with Crippen LogP contribution in [0, 0.1) is 5.92 Å². The highest BCUT2D eigenvalue weighted by atomic mass is 31.3. The summed E-state index contributed by atoms with van der Waals surface area (Å²) in [6, 6.07) is 0. The van der Waals surface area contributed by atoms with Gasteiger partial charge in [0, 0.05) is 13.0 Å². The summed E-state index contributed by atoms with van der Waals surface area (Å²) in [5, 5.41) is 10.8. The molecule has 174 valence electrons. The number of hydrogen-bond acceptors (Lipinski definition) is 10. The van der Waals surface area contributed by atoms with E-state index in [1.165, 1.54) is 22.6 Å². The lowest BCUT2D eigenvalue weighted by molar-refractivity contribution is -0.646. The number of rotatable bonds is 8. The molecule has 1 fully saturated rings. The Bertz CT molecular complexity index is 1110. The van der Waals surface area contributed by atoms with Crippen molar-refractivity contribution in [3.05, 3.63) is 16.7 Å². The van der Waals surface area contributed by atoms with Crippen molar-refractivity contribution in [2.75, 3.05) is 26.1 Å². The highest BCUT2D eigenvalue weighted by molar-refractivity contribution is 7.60. The molecular formula is C13H22N5O11P2+. The first-order valence-corrected chi connectivity index (χ1v) is 11.7. The summed E-state index contributed by atoms with van der Waals surface area (Å²) in [6.07, 6.45) is -1.97. The summed E-state index contributed by atoms with van der Waals surface area (Å²) >= 11 is 0. The fourth-order valence-corrected chi connectivity index (χ4v) is 4.96. The normalized spacial score (nSPS) is 26.4. The van der Waals surface area contributed by atoms with E-state index in [0.717, 1.165) is 0 Å². The number of nitrogens with two attached hydrogens (primary N) is 1. The lowest BCUT2D eigenvalue weighted by Crippen LogP contribution is -2.32. The Kier molecular flexibility index (Phi) is 6.70. The van der Waals surface area contributed by atoms with Gasteiger partial charge in [-0.2, -0.15) is 13.9 Å². The summed E-state index contributed by atoms with van der Waals surface area (Å²) < 4.78 is 44.5. The minimum Gasteiger partial charge on any atom is -0.385 e. The van der Waals surface area contributed by atoms with Gasteiger partial charge in [-0.3, -0.25) is 14.3 Å². The van der Waals surface area contributed by atoms with Gasteiger partial charge in [-0.05, 0) is 0 Å². The number of nitrogens with one attached hydrogen (secondary N) is 1. The number of ether oxygens (including phenoxy) is 2. The molecule has 1 aliphatic heterocycles. The van der Waals surface area contributed by atoms with Gasteiger partial charge in [0.25, 0.3) is 11.2 Å². The van der Waals surface area contributed by atoms with E-state index in [9.17, 15) is 23.9 Å². The quantitative estimate of drug-likeness (QED) is 0.173. The Morgan fingerprint density at radius 3 is 2.65 bits per heavy atom. The third kappa shape index (κ3) is 5.21.